The fraction of sp³-hybridized carbons (Fsp3) is 0.0500. The second kappa shape index (κ2) is 6.98. The predicted octanol–water partition coefficient (Wildman–Crippen LogP) is 5.56. The smallest absolute Gasteiger partial charge is 0.287 e. The zero-order valence-corrected chi connectivity index (χ0v) is 15.4. The number of nitrogens with zero attached hydrogens (tertiary/aromatic N) is 1. The first-order chi connectivity index (χ1) is 13.0. The number of hydrogen-bond acceptors (Lipinski definition) is 5. The van der Waals surface area contributed by atoms with Crippen LogP contribution in [0, 0.1) is 10.1 Å². The molecule has 0 fully saturated rings. The maximum absolute atomic E-state index is 13.0. The molecule has 0 N–H and O–H groups in total. The molecule has 7 heteroatoms. The highest BCUT2D eigenvalue weighted by Crippen LogP contribution is 2.36. The van der Waals surface area contributed by atoms with Gasteiger partial charge in [-0.15, -0.1) is 11.3 Å². The van der Waals surface area contributed by atoms with Gasteiger partial charge in [0.1, 0.15) is 17.1 Å². The van der Waals surface area contributed by atoms with E-state index in [9.17, 15) is 14.9 Å². The normalized spacial score (nSPS) is 11.0. The van der Waals surface area contributed by atoms with Crippen LogP contribution in [-0.2, 0) is 6.61 Å². The van der Waals surface area contributed by atoms with Crippen LogP contribution >= 0.6 is 22.9 Å². The van der Waals surface area contributed by atoms with Gasteiger partial charge in [0.05, 0.1) is 15.3 Å². The molecule has 0 saturated carbocycles. The zero-order chi connectivity index (χ0) is 19.0. The van der Waals surface area contributed by atoms with Crippen molar-refractivity contribution in [3.63, 3.8) is 0 Å². The van der Waals surface area contributed by atoms with Gasteiger partial charge in [-0.25, -0.2) is 0 Å². The summed E-state index contributed by atoms with van der Waals surface area (Å²) in [5.41, 5.74) is 0.556. The molecule has 0 unspecified atom stereocenters. The molecule has 0 radical (unpaired) electrons. The van der Waals surface area contributed by atoms with Crippen LogP contribution in [0.1, 0.15) is 5.56 Å². The standard InChI is InChI=1S/C20H12ClNO4S/c21-15-7-8-16(22(24)25)20-18(15)19(23)14-10-13(6-9-17(14)27-20)26-11-12-4-2-1-3-5-12/h1-10H,11H2. The second-order valence-corrected chi connectivity index (χ2v) is 7.35. The lowest BCUT2D eigenvalue weighted by Gasteiger charge is -2.08. The SMILES string of the molecule is O=c1c2cc(OCc3ccccc3)ccc2sc2c([N+](=O)[O-])ccc(Cl)c12. The van der Waals surface area contributed by atoms with Crippen molar-refractivity contribution in [1.29, 1.82) is 0 Å². The zero-order valence-electron chi connectivity index (χ0n) is 13.8. The lowest BCUT2D eigenvalue weighted by Crippen LogP contribution is -2.04. The average Bonchev–Trinajstić information content (AvgIpc) is 2.67. The van der Waals surface area contributed by atoms with Crippen LogP contribution in [0.2, 0.25) is 5.02 Å². The van der Waals surface area contributed by atoms with E-state index in [1.54, 1.807) is 18.2 Å². The van der Waals surface area contributed by atoms with Crippen molar-refractivity contribution in [2.24, 2.45) is 0 Å². The van der Waals surface area contributed by atoms with Gasteiger partial charge in [0.25, 0.3) is 5.69 Å². The van der Waals surface area contributed by atoms with E-state index >= 15 is 0 Å². The first-order valence-electron chi connectivity index (χ1n) is 8.05. The van der Waals surface area contributed by atoms with E-state index in [0.717, 1.165) is 5.56 Å². The topological polar surface area (TPSA) is 69.4 Å². The highest BCUT2D eigenvalue weighted by atomic mass is 35.5. The number of fused-ring (bicyclic) bond motifs is 2. The Hall–Kier alpha value is -2.96. The molecular formula is C20H12ClNO4S. The van der Waals surface area contributed by atoms with Crippen LogP contribution in [0.25, 0.3) is 20.2 Å². The Balaban J connectivity index is 1.83. The molecule has 4 aromatic rings. The molecule has 0 aliphatic rings. The van der Waals surface area contributed by atoms with Gasteiger partial charge >= 0.3 is 0 Å². The van der Waals surface area contributed by atoms with E-state index in [1.807, 2.05) is 30.3 Å². The average molecular weight is 398 g/mol. The fourth-order valence-electron chi connectivity index (χ4n) is 2.86. The van der Waals surface area contributed by atoms with Crippen LogP contribution in [0.5, 0.6) is 5.75 Å². The Morgan fingerprint density at radius 3 is 2.59 bits per heavy atom. The molecule has 1 heterocycles. The predicted molar refractivity (Wildman–Crippen MR) is 108 cm³/mol. The van der Waals surface area contributed by atoms with Crippen molar-refractivity contribution in [1.82, 2.24) is 0 Å². The van der Waals surface area contributed by atoms with Crippen LogP contribution in [0.15, 0.2) is 65.5 Å². The summed E-state index contributed by atoms with van der Waals surface area (Å²) in [5.74, 6) is 0.552. The van der Waals surface area contributed by atoms with E-state index in [2.05, 4.69) is 0 Å². The Labute approximate surface area is 162 Å². The van der Waals surface area contributed by atoms with Gasteiger partial charge in [-0.05, 0) is 29.8 Å². The molecule has 0 saturated heterocycles. The van der Waals surface area contributed by atoms with Crippen LogP contribution in [0.4, 0.5) is 5.69 Å². The number of benzene rings is 3. The maximum atomic E-state index is 13.0. The molecule has 27 heavy (non-hydrogen) atoms. The minimum Gasteiger partial charge on any atom is -0.489 e. The van der Waals surface area contributed by atoms with Gasteiger partial charge < -0.3 is 4.74 Å². The third-order valence-electron chi connectivity index (χ3n) is 4.17. The minimum atomic E-state index is -0.502. The minimum absolute atomic E-state index is 0.122. The van der Waals surface area contributed by atoms with Crippen molar-refractivity contribution in [2.45, 2.75) is 6.61 Å². The number of halogens is 1. The first-order valence-corrected chi connectivity index (χ1v) is 9.24. The van der Waals surface area contributed by atoms with Crippen LogP contribution in [-0.4, -0.2) is 4.92 Å². The van der Waals surface area contributed by atoms with Gasteiger partial charge in [0.15, 0.2) is 5.43 Å². The van der Waals surface area contributed by atoms with Crippen molar-refractivity contribution in [3.8, 4) is 5.75 Å². The first kappa shape index (κ1) is 17.5. The van der Waals surface area contributed by atoms with E-state index in [-0.39, 0.29) is 26.2 Å². The molecule has 0 aliphatic heterocycles. The fourth-order valence-corrected chi connectivity index (χ4v) is 4.33. The van der Waals surface area contributed by atoms with Crippen molar-refractivity contribution >= 4 is 48.8 Å². The lowest BCUT2D eigenvalue weighted by atomic mass is 10.1. The summed E-state index contributed by atoms with van der Waals surface area (Å²) < 4.78 is 6.71. The van der Waals surface area contributed by atoms with Crippen molar-refractivity contribution in [3.05, 3.63) is 91.6 Å². The Kier molecular flexibility index (Phi) is 4.51. The third-order valence-corrected chi connectivity index (χ3v) is 5.67. The number of nitro groups is 1. The van der Waals surface area contributed by atoms with E-state index < -0.39 is 4.92 Å². The number of rotatable bonds is 4. The van der Waals surface area contributed by atoms with Gasteiger partial charge in [-0.2, -0.15) is 0 Å². The third kappa shape index (κ3) is 3.25. The summed E-state index contributed by atoms with van der Waals surface area (Å²) in [6, 6.07) is 17.6. The summed E-state index contributed by atoms with van der Waals surface area (Å²) in [6.45, 7) is 0.379. The number of non-ortho nitro benzene ring substituents is 1. The molecule has 1 aromatic heterocycles. The molecule has 0 aliphatic carbocycles. The van der Waals surface area contributed by atoms with Crippen LogP contribution < -0.4 is 10.2 Å². The molecule has 0 atom stereocenters. The monoisotopic (exact) mass is 397 g/mol. The van der Waals surface area contributed by atoms with Gasteiger partial charge in [0, 0.05) is 16.2 Å². The highest BCUT2D eigenvalue weighted by molar-refractivity contribution is 7.25. The summed E-state index contributed by atoms with van der Waals surface area (Å²) in [5, 5.41) is 12.1. The van der Waals surface area contributed by atoms with Crippen molar-refractivity contribution in [2.75, 3.05) is 0 Å². The molecule has 0 amide bonds. The second-order valence-electron chi connectivity index (χ2n) is 5.89. The van der Waals surface area contributed by atoms with Gasteiger partial charge in [0.2, 0.25) is 0 Å². The van der Waals surface area contributed by atoms with E-state index in [4.69, 9.17) is 16.3 Å². The summed E-state index contributed by atoms with van der Waals surface area (Å²) >= 11 is 7.35. The van der Waals surface area contributed by atoms with Gasteiger partial charge in [-0.3, -0.25) is 14.9 Å². The largest absolute Gasteiger partial charge is 0.489 e. The van der Waals surface area contributed by atoms with Gasteiger partial charge in [-0.1, -0.05) is 41.9 Å². The summed E-state index contributed by atoms with van der Waals surface area (Å²) in [4.78, 5) is 23.7. The quantitative estimate of drug-likeness (QED) is 0.257. The summed E-state index contributed by atoms with van der Waals surface area (Å²) in [6.07, 6.45) is 0. The maximum Gasteiger partial charge on any atom is 0.287 e. The van der Waals surface area contributed by atoms with E-state index in [1.165, 1.54) is 23.5 Å². The molecule has 4 rings (SSSR count). The molecular weight excluding hydrogens is 386 g/mol. The molecule has 0 spiro atoms. The molecule has 5 nitrogen and oxygen atoms in total. The Morgan fingerprint density at radius 1 is 1.07 bits per heavy atom. The Morgan fingerprint density at radius 2 is 1.85 bits per heavy atom. The number of hydrogen-bond donors (Lipinski definition) is 0. The lowest BCUT2D eigenvalue weighted by molar-refractivity contribution is -0.382. The van der Waals surface area contributed by atoms with E-state index in [0.29, 0.717) is 22.4 Å². The van der Waals surface area contributed by atoms with Crippen LogP contribution in [0.3, 0.4) is 0 Å². The molecule has 134 valence electrons. The number of nitro benzene ring substituents is 1. The Bertz CT molecular complexity index is 1240. The molecule has 0 bridgehead atoms. The summed E-state index contributed by atoms with van der Waals surface area (Å²) in [7, 11) is 0. The number of ether oxygens (including phenoxy) is 1. The molecule has 3 aromatic carbocycles. The highest BCUT2D eigenvalue weighted by Gasteiger charge is 2.19. The van der Waals surface area contributed by atoms with Crippen molar-refractivity contribution < 1.29 is 9.66 Å².